The first kappa shape index (κ1) is 16.4. The van der Waals surface area contributed by atoms with Gasteiger partial charge in [0.1, 0.15) is 5.65 Å². The molecule has 0 bridgehead atoms. The zero-order chi connectivity index (χ0) is 17.3. The number of hydrogen-bond donors (Lipinski definition) is 2. The van der Waals surface area contributed by atoms with Gasteiger partial charge in [0.25, 0.3) is 5.56 Å². The fraction of sp³-hybridized carbons (Fsp3) is 0.333. The summed E-state index contributed by atoms with van der Waals surface area (Å²) in [5.41, 5.74) is 0.532. The molecule has 1 saturated heterocycles. The summed E-state index contributed by atoms with van der Waals surface area (Å²) in [5.74, 6) is -0.0713. The van der Waals surface area contributed by atoms with Crippen LogP contribution in [0.25, 0.3) is 5.65 Å². The van der Waals surface area contributed by atoms with Crippen LogP contribution < -0.4 is 10.9 Å². The van der Waals surface area contributed by atoms with Crippen molar-refractivity contribution >= 4 is 33.6 Å². The lowest BCUT2D eigenvalue weighted by atomic mass is 10.2. The summed E-state index contributed by atoms with van der Waals surface area (Å²) >= 11 is 3.29. The Morgan fingerprint density at radius 3 is 2.92 bits per heavy atom. The molecule has 2 aromatic heterocycles. The molecule has 2 N–H and O–H groups in total. The number of amides is 2. The second-order valence-corrected chi connectivity index (χ2v) is 6.54. The third-order valence-electron chi connectivity index (χ3n) is 3.83. The van der Waals surface area contributed by atoms with Crippen LogP contribution in [0.4, 0.5) is 4.79 Å². The molecule has 3 heterocycles. The number of pyridine rings is 1. The molecule has 1 aliphatic rings. The van der Waals surface area contributed by atoms with E-state index in [0.717, 1.165) is 9.37 Å². The van der Waals surface area contributed by atoms with Crippen LogP contribution in [0.2, 0.25) is 0 Å². The van der Waals surface area contributed by atoms with Crippen molar-refractivity contribution in [3.8, 4) is 0 Å². The van der Waals surface area contributed by atoms with E-state index in [2.05, 4.69) is 26.2 Å². The third-order valence-corrected chi connectivity index (χ3v) is 4.29. The minimum absolute atomic E-state index is 0.0104. The van der Waals surface area contributed by atoms with E-state index in [-0.39, 0.29) is 30.6 Å². The van der Waals surface area contributed by atoms with Crippen LogP contribution in [0, 0.1) is 0 Å². The van der Waals surface area contributed by atoms with Crippen LogP contribution in [0.3, 0.4) is 0 Å². The van der Waals surface area contributed by atoms with Crippen molar-refractivity contribution in [2.75, 3.05) is 6.54 Å². The topological polar surface area (TPSA) is 104 Å². The smallest absolute Gasteiger partial charge is 0.407 e. The summed E-state index contributed by atoms with van der Waals surface area (Å²) < 4.78 is 2.13. The molecular formula is C15H15BrN4O4. The molecule has 0 aliphatic carbocycles. The van der Waals surface area contributed by atoms with Crippen LogP contribution in [-0.2, 0) is 11.3 Å². The molecule has 1 fully saturated rings. The Bertz CT molecular complexity index is 866. The maximum Gasteiger partial charge on any atom is 0.407 e. The van der Waals surface area contributed by atoms with Crippen molar-refractivity contribution in [3.63, 3.8) is 0 Å². The molecule has 0 saturated carbocycles. The predicted molar refractivity (Wildman–Crippen MR) is 88.8 cm³/mol. The van der Waals surface area contributed by atoms with Crippen molar-refractivity contribution in [1.82, 2.24) is 19.6 Å². The van der Waals surface area contributed by atoms with E-state index >= 15 is 0 Å². The first-order chi connectivity index (χ1) is 11.4. The Kier molecular flexibility index (Phi) is 4.52. The first-order valence-electron chi connectivity index (χ1n) is 7.37. The van der Waals surface area contributed by atoms with Crippen LogP contribution in [0.5, 0.6) is 0 Å². The maximum atomic E-state index is 12.2. The van der Waals surface area contributed by atoms with E-state index in [9.17, 15) is 19.5 Å². The SMILES string of the molecule is O=C1CCC(CN(Cc2cc(=O)n3cc(Br)ccc3n2)C(=O)O)N1. The van der Waals surface area contributed by atoms with Crippen LogP contribution >= 0.6 is 15.9 Å². The molecule has 2 amide bonds. The molecule has 24 heavy (non-hydrogen) atoms. The predicted octanol–water partition coefficient (Wildman–Crippen LogP) is 1.22. The van der Waals surface area contributed by atoms with Crippen molar-refractivity contribution < 1.29 is 14.7 Å². The standard InChI is InChI=1S/C15H15BrN4O4/c16-9-1-3-12-17-11(5-14(22)20(12)6-9)8-19(15(23)24)7-10-2-4-13(21)18-10/h1,3,5-6,10H,2,4,7-8H2,(H,18,21)(H,23,24). The van der Waals surface area contributed by atoms with Crippen molar-refractivity contribution in [1.29, 1.82) is 0 Å². The fourth-order valence-corrected chi connectivity index (χ4v) is 3.03. The number of nitrogens with one attached hydrogen (secondary N) is 1. The number of hydrogen-bond acceptors (Lipinski definition) is 4. The molecule has 1 unspecified atom stereocenters. The molecule has 126 valence electrons. The lowest BCUT2D eigenvalue weighted by Gasteiger charge is -2.22. The van der Waals surface area contributed by atoms with Crippen molar-refractivity contribution in [2.24, 2.45) is 0 Å². The Morgan fingerprint density at radius 2 is 2.25 bits per heavy atom. The highest BCUT2D eigenvalue weighted by Gasteiger charge is 2.25. The summed E-state index contributed by atoms with van der Waals surface area (Å²) in [4.78, 5) is 40.4. The molecule has 2 aromatic rings. The van der Waals surface area contributed by atoms with Gasteiger partial charge in [0.15, 0.2) is 0 Å². The number of carboxylic acid groups (broad SMARTS) is 1. The van der Waals surface area contributed by atoms with Crippen LogP contribution in [0.15, 0.2) is 33.7 Å². The van der Waals surface area contributed by atoms with Gasteiger partial charge in [0, 0.05) is 35.7 Å². The zero-order valence-corrected chi connectivity index (χ0v) is 14.2. The zero-order valence-electron chi connectivity index (χ0n) is 12.6. The molecule has 9 heteroatoms. The summed E-state index contributed by atoms with van der Waals surface area (Å²) in [6.07, 6.45) is 1.50. The van der Waals surface area contributed by atoms with E-state index in [1.54, 1.807) is 18.3 Å². The summed E-state index contributed by atoms with van der Waals surface area (Å²) in [6, 6.07) is 4.56. The Morgan fingerprint density at radius 1 is 1.46 bits per heavy atom. The second kappa shape index (κ2) is 6.60. The largest absolute Gasteiger partial charge is 0.465 e. The minimum atomic E-state index is -1.12. The number of halogens is 1. The van der Waals surface area contributed by atoms with Crippen molar-refractivity contribution in [3.05, 3.63) is 44.9 Å². The number of nitrogens with zero attached hydrogens (tertiary/aromatic N) is 3. The summed E-state index contributed by atoms with van der Waals surface area (Å²) in [7, 11) is 0. The average Bonchev–Trinajstić information content (AvgIpc) is 2.92. The van der Waals surface area contributed by atoms with E-state index < -0.39 is 6.09 Å². The van der Waals surface area contributed by atoms with Gasteiger partial charge in [-0.1, -0.05) is 0 Å². The molecule has 1 atom stereocenters. The number of carbonyl (C=O) groups excluding carboxylic acids is 1. The molecule has 0 radical (unpaired) electrons. The van der Waals surface area contributed by atoms with E-state index in [4.69, 9.17) is 0 Å². The van der Waals surface area contributed by atoms with Gasteiger partial charge >= 0.3 is 6.09 Å². The van der Waals surface area contributed by atoms with Gasteiger partial charge in [-0.25, -0.2) is 9.78 Å². The maximum absolute atomic E-state index is 12.2. The Hall–Kier alpha value is -2.42. The number of fused-ring (bicyclic) bond motifs is 1. The molecule has 1 aliphatic heterocycles. The molecule has 3 rings (SSSR count). The third kappa shape index (κ3) is 3.56. The lowest BCUT2D eigenvalue weighted by molar-refractivity contribution is -0.119. The highest BCUT2D eigenvalue weighted by atomic mass is 79.9. The number of aromatic nitrogens is 2. The second-order valence-electron chi connectivity index (χ2n) is 5.63. The molecule has 8 nitrogen and oxygen atoms in total. The molecular weight excluding hydrogens is 380 g/mol. The lowest BCUT2D eigenvalue weighted by Crippen LogP contribution is -2.41. The van der Waals surface area contributed by atoms with Gasteiger partial charge in [-0.05, 0) is 34.5 Å². The highest BCUT2D eigenvalue weighted by Crippen LogP contribution is 2.12. The van der Waals surface area contributed by atoms with Gasteiger partial charge in [0.05, 0.1) is 12.2 Å². The monoisotopic (exact) mass is 394 g/mol. The summed E-state index contributed by atoms with van der Waals surface area (Å²) in [6.45, 7) is 0.159. The van der Waals surface area contributed by atoms with Crippen LogP contribution in [-0.4, -0.2) is 44.0 Å². The highest BCUT2D eigenvalue weighted by molar-refractivity contribution is 9.10. The Labute approximate surface area is 145 Å². The van der Waals surface area contributed by atoms with Gasteiger partial charge < -0.3 is 15.3 Å². The fourth-order valence-electron chi connectivity index (χ4n) is 2.69. The number of rotatable bonds is 4. The average molecular weight is 395 g/mol. The molecule has 0 aromatic carbocycles. The number of carbonyl (C=O) groups is 2. The Balaban J connectivity index is 1.83. The van der Waals surface area contributed by atoms with E-state index in [1.807, 2.05) is 0 Å². The summed E-state index contributed by atoms with van der Waals surface area (Å²) in [5, 5.41) is 12.1. The first-order valence-corrected chi connectivity index (χ1v) is 8.17. The van der Waals surface area contributed by atoms with Gasteiger partial charge in [-0.3, -0.25) is 14.0 Å². The van der Waals surface area contributed by atoms with E-state index in [1.165, 1.54) is 10.5 Å². The van der Waals surface area contributed by atoms with Crippen LogP contribution in [0.1, 0.15) is 18.5 Å². The van der Waals surface area contributed by atoms with Crippen molar-refractivity contribution in [2.45, 2.75) is 25.4 Å². The van der Waals surface area contributed by atoms with Gasteiger partial charge in [-0.15, -0.1) is 0 Å². The normalized spacial score (nSPS) is 17.0. The minimum Gasteiger partial charge on any atom is -0.465 e. The van der Waals surface area contributed by atoms with E-state index in [0.29, 0.717) is 24.2 Å². The van der Waals surface area contributed by atoms with Gasteiger partial charge in [0.2, 0.25) is 5.91 Å². The quantitative estimate of drug-likeness (QED) is 0.810. The molecule has 0 spiro atoms. The van der Waals surface area contributed by atoms with Gasteiger partial charge in [-0.2, -0.15) is 0 Å².